The topological polar surface area (TPSA) is 95.9 Å². The Morgan fingerprint density at radius 1 is 1.26 bits per heavy atom. The molecule has 0 aliphatic heterocycles. The van der Waals surface area contributed by atoms with E-state index in [1.54, 1.807) is 0 Å². The summed E-state index contributed by atoms with van der Waals surface area (Å²) in [5.74, 6) is 0.504. The summed E-state index contributed by atoms with van der Waals surface area (Å²) in [6.45, 7) is 4.20. The van der Waals surface area contributed by atoms with Gasteiger partial charge in [-0.05, 0) is 24.3 Å². The molecule has 6 heteroatoms. The zero-order valence-electron chi connectivity index (χ0n) is 10.9. The average Bonchev–Trinajstić information content (AvgIpc) is 2.34. The van der Waals surface area contributed by atoms with Crippen LogP contribution in [0, 0.1) is 5.92 Å². The van der Waals surface area contributed by atoms with E-state index in [9.17, 15) is 14.4 Å². The third-order valence-electron chi connectivity index (χ3n) is 3.33. The van der Waals surface area contributed by atoms with Crippen molar-refractivity contribution in [1.82, 2.24) is 9.97 Å². The molecule has 0 bridgehead atoms. The second-order valence-corrected chi connectivity index (χ2v) is 4.76. The molecule has 2 heterocycles. The Kier molecular flexibility index (Phi) is 3.69. The van der Waals surface area contributed by atoms with Gasteiger partial charge in [-0.1, -0.05) is 20.3 Å². The first-order valence-electron chi connectivity index (χ1n) is 6.30. The first-order chi connectivity index (χ1) is 9.01. The smallest absolute Gasteiger partial charge is 0.337 e. The maximum atomic E-state index is 11.8. The highest BCUT2D eigenvalue weighted by molar-refractivity contribution is 5.75. The molecular weight excluding hydrogens is 248 g/mol. The molecule has 2 aromatic heterocycles. The van der Waals surface area contributed by atoms with Crippen molar-refractivity contribution in [2.75, 3.05) is 0 Å². The van der Waals surface area contributed by atoms with Gasteiger partial charge in [0, 0.05) is 6.07 Å². The van der Waals surface area contributed by atoms with Gasteiger partial charge in [-0.15, -0.1) is 0 Å². The molecular formula is C13H16N2O4. The summed E-state index contributed by atoms with van der Waals surface area (Å²) in [4.78, 5) is 38.9. The number of nitrogens with one attached hydrogen (secondary N) is 2. The van der Waals surface area contributed by atoms with Gasteiger partial charge in [0.05, 0.1) is 0 Å². The first-order valence-corrected chi connectivity index (χ1v) is 6.30. The molecule has 19 heavy (non-hydrogen) atoms. The number of hydrogen-bond acceptors (Lipinski definition) is 4. The van der Waals surface area contributed by atoms with Crippen molar-refractivity contribution in [2.45, 2.75) is 33.1 Å². The summed E-state index contributed by atoms with van der Waals surface area (Å²) in [5, 5.41) is 0.252. The van der Waals surface area contributed by atoms with E-state index in [0.29, 0.717) is 17.9 Å². The lowest BCUT2D eigenvalue weighted by Crippen LogP contribution is -2.24. The van der Waals surface area contributed by atoms with E-state index in [4.69, 9.17) is 4.42 Å². The van der Waals surface area contributed by atoms with E-state index in [-0.39, 0.29) is 11.1 Å². The molecule has 2 rings (SSSR count). The lowest BCUT2D eigenvalue weighted by Gasteiger charge is -2.08. The van der Waals surface area contributed by atoms with Gasteiger partial charge >= 0.3 is 11.3 Å². The van der Waals surface area contributed by atoms with Gasteiger partial charge in [0.2, 0.25) is 5.71 Å². The number of aryl methyl sites for hydroxylation is 1. The van der Waals surface area contributed by atoms with Crippen LogP contribution in [-0.2, 0) is 6.42 Å². The molecule has 0 aromatic carbocycles. The van der Waals surface area contributed by atoms with Gasteiger partial charge in [-0.3, -0.25) is 14.8 Å². The summed E-state index contributed by atoms with van der Waals surface area (Å²) >= 11 is 0. The van der Waals surface area contributed by atoms with E-state index in [2.05, 4.69) is 23.8 Å². The van der Waals surface area contributed by atoms with Crippen LogP contribution in [0.5, 0.6) is 0 Å². The normalized spacial score (nSPS) is 12.7. The second kappa shape index (κ2) is 5.26. The molecule has 0 fully saturated rings. The van der Waals surface area contributed by atoms with Gasteiger partial charge in [0.15, 0.2) is 0 Å². The summed E-state index contributed by atoms with van der Waals surface area (Å²) in [6.07, 6.45) is 2.51. The van der Waals surface area contributed by atoms with Crippen LogP contribution < -0.4 is 16.9 Å². The quantitative estimate of drug-likeness (QED) is 0.865. The highest BCUT2D eigenvalue weighted by atomic mass is 16.4. The molecule has 0 saturated heterocycles. The molecule has 1 atom stereocenters. The van der Waals surface area contributed by atoms with E-state index in [1.807, 2.05) is 0 Å². The van der Waals surface area contributed by atoms with Crippen molar-refractivity contribution in [1.29, 1.82) is 0 Å². The summed E-state index contributed by atoms with van der Waals surface area (Å²) in [6, 6.07) is 1.32. The predicted octanol–water partition coefficient (Wildman–Crippen LogP) is 1.15. The highest BCUT2D eigenvalue weighted by Gasteiger charge is 2.11. The fourth-order valence-electron chi connectivity index (χ4n) is 1.98. The first kappa shape index (κ1) is 13.3. The van der Waals surface area contributed by atoms with E-state index < -0.39 is 16.9 Å². The van der Waals surface area contributed by atoms with Gasteiger partial charge in [-0.2, -0.15) is 0 Å². The minimum Gasteiger partial charge on any atom is -0.405 e. The number of aromatic nitrogens is 2. The molecule has 0 aliphatic carbocycles. The molecule has 2 N–H and O–H groups in total. The zero-order chi connectivity index (χ0) is 14.0. The Morgan fingerprint density at radius 2 is 2.00 bits per heavy atom. The van der Waals surface area contributed by atoms with Crippen LogP contribution >= 0.6 is 0 Å². The number of aromatic amines is 2. The molecule has 1 unspecified atom stereocenters. The summed E-state index contributed by atoms with van der Waals surface area (Å²) in [5.41, 5.74) is -1.21. The van der Waals surface area contributed by atoms with Gasteiger partial charge in [0.25, 0.3) is 5.56 Å². The van der Waals surface area contributed by atoms with Crippen LogP contribution in [0.4, 0.5) is 0 Å². The maximum Gasteiger partial charge on any atom is 0.337 e. The van der Waals surface area contributed by atoms with Crippen LogP contribution in [0.15, 0.2) is 24.9 Å². The van der Waals surface area contributed by atoms with Gasteiger partial charge in [0.1, 0.15) is 5.39 Å². The minimum atomic E-state index is -0.681. The van der Waals surface area contributed by atoms with Crippen LogP contribution in [0.3, 0.4) is 0 Å². The zero-order valence-corrected chi connectivity index (χ0v) is 10.9. The van der Waals surface area contributed by atoms with E-state index >= 15 is 0 Å². The lowest BCUT2D eigenvalue weighted by molar-refractivity contribution is 0.511. The Balaban J connectivity index is 2.57. The Hall–Kier alpha value is -2.11. The molecule has 0 radical (unpaired) electrons. The predicted molar refractivity (Wildman–Crippen MR) is 71.5 cm³/mol. The third kappa shape index (κ3) is 2.83. The fourth-order valence-corrected chi connectivity index (χ4v) is 1.98. The van der Waals surface area contributed by atoms with Crippen molar-refractivity contribution >= 4 is 11.1 Å². The third-order valence-corrected chi connectivity index (χ3v) is 3.33. The van der Waals surface area contributed by atoms with Crippen molar-refractivity contribution < 1.29 is 4.42 Å². The number of rotatable bonds is 4. The molecule has 0 saturated carbocycles. The molecule has 0 spiro atoms. The minimum absolute atomic E-state index is 0.0552. The number of fused-ring (bicyclic) bond motifs is 1. The molecule has 2 aromatic rings. The number of hydrogen-bond donors (Lipinski definition) is 2. The average molecular weight is 264 g/mol. The van der Waals surface area contributed by atoms with Crippen LogP contribution in [0.2, 0.25) is 0 Å². The Bertz CT molecular complexity index is 748. The standard InChI is InChI=1S/C13H16N2O4/c1-3-7(2)4-5-8-6-9(16)19-12-10(8)11(17)14-13(18)15-12/h6-7H,3-5H2,1-2H3,(H2,14,15,17,18). The summed E-state index contributed by atoms with van der Waals surface area (Å²) in [7, 11) is 0. The molecule has 102 valence electrons. The number of H-pyrrole nitrogens is 2. The summed E-state index contributed by atoms with van der Waals surface area (Å²) < 4.78 is 4.87. The van der Waals surface area contributed by atoms with Crippen molar-refractivity contribution in [2.24, 2.45) is 5.92 Å². The van der Waals surface area contributed by atoms with Gasteiger partial charge < -0.3 is 4.42 Å². The van der Waals surface area contributed by atoms with Crippen LogP contribution in [0.25, 0.3) is 11.1 Å². The Labute approximate surface area is 108 Å². The SMILES string of the molecule is CCC(C)CCc1cc(=O)oc2[nH]c(=O)[nH]c(=O)c12. The highest BCUT2D eigenvalue weighted by Crippen LogP contribution is 2.15. The maximum absolute atomic E-state index is 11.8. The van der Waals surface area contributed by atoms with Crippen LogP contribution in [0.1, 0.15) is 32.3 Å². The fraction of sp³-hybridized carbons (Fsp3) is 0.462. The lowest BCUT2D eigenvalue weighted by atomic mass is 9.98. The molecule has 6 nitrogen and oxygen atoms in total. The van der Waals surface area contributed by atoms with Gasteiger partial charge in [-0.25, -0.2) is 9.59 Å². The van der Waals surface area contributed by atoms with Crippen LogP contribution in [-0.4, -0.2) is 9.97 Å². The Morgan fingerprint density at radius 3 is 2.68 bits per heavy atom. The van der Waals surface area contributed by atoms with Crippen molar-refractivity contribution in [3.05, 3.63) is 42.9 Å². The van der Waals surface area contributed by atoms with Crippen molar-refractivity contribution in [3.8, 4) is 0 Å². The largest absolute Gasteiger partial charge is 0.405 e. The van der Waals surface area contributed by atoms with Crippen molar-refractivity contribution in [3.63, 3.8) is 0 Å². The van der Waals surface area contributed by atoms with E-state index in [0.717, 1.165) is 12.8 Å². The monoisotopic (exact) mass is 264 g/mol. The molecule has 0 aliphatic rings. The van der Waals surface area contributed by atoms with E-state index in [1.165, 1.54) is 6.07 Å². The molecule has 0 amide bonds. The second-order valence-electron chi connectivity index (χ2n) is 4.76.